The van der Waals surface area contributed by atoms with Crippen LogP contribution in [0.2, 0.25) is 0 Å². The molecule has 0 spiro atoms. The van der Waals surface area contributed by atoms with Gasteiger partial charge in [0.05, 0.1) is 13.2 Å². The Morgan fingerprint density at radius 3 is 2.38 bits per heavy atom. The molecular formula is C32H44FN3O3. The molecule has 0 aliphatic heterocycles. The van der Waals surface area contributed by atoms with E-state index in [0.29, 0.717) is 31.9 Å². The van der Waals surface area contributed by atoms with Crippen LogP contribution >= 0.6 is 0 Å². The molecule has 0 saturated heterocycles. The fourth-order valence-corrected chi connectivity index (χ4v) is 4.47. The number of aliphatic hydroxyl groups is 1. The van der Waals surface area contributed by atoms with Crippen molar-refractivity contribution in [2.24, 2.45) is 0 Å². The lowest BCUT2D eigenvalue weighted by atomic mass is 10.1. The zero-order valence-corrected chi connectivity index (χ0v) is 24.0. The largest absolute Gasteiger partial charge is 0.506 e. The van der Waals surface area contributed by atoms with Gasteiger partial charge in [-0.25, -0.2) is 9.37 Å². The van der Waals surface area contributed by atoms with E-state index in [0.717, 1.165) is 73.8 Å². The second-order valence-corrected chi connectivity index (χ2v) is 9.67. The summed E-state index contributed by atoms with van der Waals surface area (Å²) in [5.74, 6) is 1.51. The molecule has 0 fully saturated rings. The van der Waals surface area contributed by atoms with E-state index in [1.54, 1.807) is 18.2 Å². The summed E-state index contributed by atoms with van der Waals surface area (Å²) >= 11 is 0. The normalized spacial score (nSPS) is 11.9. The minimum atomic E-state index is -0.232. The smallest absolute Gasteiger partial charge is 0.141 e. The quantitative estimate of drug-likeness (QED) is 0.147. The van der Waals surface area contributed by atoms with Gasteiger partial charge in [-0.3, -0.25) is 0 Å². The lowest BCUT2D eigenvalue weighted by molar-refractivity contribution is 0.145. The van der Waals surface area contributed by atoms with Crippen molar-refractivity contribution >= 4 is 5.76 Å². The number of rotatable bonds is 17. The number of ether oxygens (including phenoxy) is 2. The third-order valence-electron chi connectivity index (χ3n) is 6.94. The minimum absolute atomic E-state index is 0.147. The fraction of sp³-hybridized carbons (Fsp3) is 0.469. The SMILES string of the molecule is CCCCn1c(-c2ccc(OCCc3ccc(F)cc3)cc2)nc(/C(O)=C\COCCCN(CC)CC)c1C. The van der Waals surface area contributed by atoms with Gasteiger partial charge < -0.3 is 24.0 Å². The molecule has 3 aromatic rings. The van der Waals surface area contributed by atoms with E-state index in [9.17, 15) is 9.50 Å². The Labute approximate surface area is 233 Å². The van der Waals surface area contributed by atoms with Crippen molar-refractivity contribution in [2.45, 2.75) is 59.9 Å². The minimum Gasteiger partial charge on any atom is -0.506 e. The molecule has 3 rings (SSSR count). The van der Waals surface area contributed by atoms with Gasteiger partial charge in [0.25, 0.3) is 0 Å². The first kappa shape index (κ1) is 30.4. The van der Waals surface area contributed by atoms with Gasteiger partial charge in [-0.15, -0.1) is 0 Å². The zero-order valence-electron chi connectivity index (χ0n) is 24.0. The first-order chi connectivity index (χ1) is 19.0. The predicted octanol–water partition coefficient (Wildman–Crippen LogP) is 7.07. The molecule has 1 N–H and O–H groups in total. The molecule has 0 bridgehead atoms. The van der Waals surface area contributed by atoms with Crippen LogP contribution in [0.5, 0.6) is 5.75 Å². The van der Waals surface area contributed by atoms with Gasteiger partial charge in [0, 0.05) is 37.4 Å². The topological polar surface area (TPSA) is 59.8 Å². The Kier molecular flexibility index (Phi) is 12.5. The maximum absolute atomic E-state index is 13.1. The summed E-state index contributed by atoms with van der Waals surface area (Å²) in [7, 11) is 0. The summed E-state index contributed by atoms with van der Waals surface area (Å²) < 4.78 is 26.9. The number of aromatic nitrogens is 2. The summed E-state index contributed by atoms with van der Waals surface area (Å²) in [5, 5.41) is 10.8. The van der Waals surface area contributed by atoms with E-state index in [4.69, 9.17) is 14.5 Å². The number of imidazole rings is 1. The van der Waals surface area contributed by atoms with Gasteiger partial charge in [0.15, 0.2) is 0 Å². The van der Waals surface area contributed by atoms with Crippen molar-refractivity contribution in [3.63, 3.8) is 0 Å². The maximum atomic E-state index is 13.1. The maximum Gasteiger partial charge on any atom is 0.141 e. The third-order valence-corrected chi connectivity index (χ3v) is 6.94. The number of nitrogens with zero attached hydrogens (tertiary/aromatic N) is 3. The Morgan fingerprint density at radius 1 is 1.00 bits per heavy atom. The Hall–Kier alpha value is -3.16. The highest BCUT2D eigenvalue weighted by Gasteiger charge is 2.18. The summed E-state index contributed by atoms with van der Waals surface area (Å²) in [6.45, 7) is 14.0. The molecule has 0 unspecified atom stereocenters. The Balaban J connectivity index is 1.63. The number of halogens is 1. The van der Waals surface area contributed by atoms with Gasteiger partial charge >= 0.3 is 0 Å². The number of benzene rings is 2. The van der Waals surface area contributed by atoms with E-state index in [1.165, 1.54) is 12.1 Å². The molecule has 0 aliphatic carbocycles. The van der Waals surface area contributed by atoms with Crippen LogP contribution in [-0.2, 0) is 17.7 Å². The lowest BCUT2D eigenvalue weighted by Crippen LogP contribution is -2.24. The van der Waals surface area contributed by atoms with Crippen LogP contribution in [0.4, 0.5) is 4.39 Å². The zero-order chi connectivity index (χ0) is 28.0. The first-order valence-electron chi connectivity index (χ1n) is 14.2. The highest BCUT2D eigenvalue weighted by atomic mass is 19.1. The van der Waals surface area contributed by atoms with Crippen LogP contribution in [0.25, 0.3) is 17.1 Å². The molecular weight excluding hydrogens is 493 g/mol. The summed E-state index contributed by atoms with van der Waals surface area (Å²) in [6, 6.07) is 14.4. The average Bonchev–Trinajstić information content (AvgIpc) is 3.28. The summed E-state index contributed by atoms with van der Waals surface area (Å²) in [4.78, 5) is 7.22. The second-order valence-electron chi connectivity index (χ2n) is 9.67. The van der Waals surface area contributed by atoms with Crippen molar-refractivity contribution in [1.82, 2.24) is 14.5 Å². The van der Waals surface area contributed by atoms with Crippen LogP contribution in [0.3, 0.4) is 0 Å². The number of aliphatic hydroxyl groups excluding tert-OH is 1. The van der Waals surface area contributed by atoms with Gasteiger partial charge in [-0.05, 0) is 80.9 Å². The molecule has 0 saturated carbocycles. The highest BCUT2D eigenvalue weighted by Crippen LogP contribution is 2.28. The molecule has 6 nitrogen and oxygen atoms in total. The summed E-state index contributed by atoms with van der Waals surface area (Å²) in [6.07, 6.45) is 5.47. The lowest BCUT2D eigenvalue weighted by Gasteiger charge is -2.17. The molecule has 2 aromatic carbocycles. The highest BCUT2D eigenvalue weighted by molar-refractivity contribution is 5.65. The Morgan fingerprint density at radius 2 is 1.72 bits per heavy atom. The molecule has 0 atom stereocenters. The second kappa shape index (κ2) is 16.1. The van der Waals surface area contributed by atoms with E-state index >= 15 is 0 Å². The van der Waals surface area contributed by atoms with Crippen molar-refractivity contribution < 1.29 is 19.0 Å². The molecule has 0 radical (unpaired) electrons. The van der Waals surface area contributed by atoms with Gasteiger partial charge in [0.2, 0.25) is 0 Å². The van der Waals surface area contributed by atoms with Gasteiger partial charge in [0.1, 0.15) is 28.8 Å². The third kappa shape index (κ3) is 9.22. The average molecular weight is 538 g/mol. The number of unbranched alkanes of at least 4 members (excludes halogenated alkanes) is 1. The summed E-state index contributed by atoms with van der Waals surface area (Å²) in [5.41, 5.74) is 3.53. The van der Waals surface area contributed by atoms with Crippen LogP contribution in [0.15, 0.2) is 54.6 Å². The predicted molar refractivity (Wildman–Crippen MR) is 157 cm³/mol. The molecule has 39 heavy (non-hydrogen) atoms. The van der Waals surface area contributed by atoms with Crippen LogP contribution < -0.4 is 4.74 Å². The van der Waals surface area contributed by atoms with Gasteiger partial charge in [-0.2, -0.15) is 0 Å². The molecule has 212 valence electrons. The fourth-order valence-electron chi connectivity index (χ4n) is 4.47. The standard InChI is InChI=1S/C32H44FN3O3/c1-5-8-21-36-25(4)31(30(37)19-23-38-22-9-20-35(6-2)7-3)34-32(36)27-12-16-29(17-13-27)39-24-18-26-10-14-28(33)15-11-26/h10-17,19,37H,5-9,18,20-24H2,1-4H3/b30-19+. The van der Waals surface area contributed by atoms with E-state index in [-0.39, 0.29) is 11.6 Å². The van der Waals surface area contributed by atoms with E-state index in [2.05, 4.69) is 30.2 Å². The van der Waals surface area contributed by atoms with Gasteiger partial charge in [-0.1, -0.05) is 39.3 Å². The van der Waals surface area contributed by atoms with Crippen molar-refractivity contribution in [1.29, 1.82) is 0 Å². The van der Waals surface area contributed by atoms with Crippen molar-refractivity contribution in [3.05, 3.63) is 77.4 Å². The molecule has 7 heteroatoms. The molecule has 1 aromatic heterocycles. The van der Waals surface area contributed by atoms with Crippen LogP contribution in [0.1, 0.15) is 57.0 Å². The number of hydrogen-bond acceptors (Lipinski definition) is 5. The molecule has 0 amide bonds. The van der Waals surface area contributed by atoms with Crippen LogP contribution in [0, 0.1) is 12.7 Å². The molecule has 0 aliphatic rings. The van der Waals surface area contributed by atoms with Crippen molar-refractivity contribution in [2.75, 3.05) is 39.5 Å². The Bertz CT molecular complexity index is 1150. The molecule has 1 heterocycles. The first-order valence-corrected chi connectivity index (χ1v) is 14.2. The van der Waals surface area contributed by atoms with E-state index < -0.39 is 0 Å². The van der Waals surface area contributed by atoms with E-state index in [1.807, 2.05) is 31.2 Å². The van der Waals surface area contributed by atoms with Crippen molar-refractivity contribution in [3.8, 4) is 17.1 Å². The van der Waals surface area contributed by atoms with Crippen LogP contribution in [-0.4, -0.2) is 59.0 Å². The monoisotopic (exact) mass is 537 g/mol. The number of hydrogen-bond donors (Lipinski definition) is 1.